The monoisotopic (exact) mass is 615 g/mol. The summed E-state index contributed by atoms with van der Waals surface area (Å²) < 4.78 is 44.9. The van der Waals surface area contributed by atoms with Crippen molar-refractivity contribution in [1.82, 2.24) is 24.5 Å². The Kier molecular flexibility index (Phi) is 9.79. The normalized spacial score (nSPS) is 16.8. The molecule has 14 heteroatoms. The minimum Gasteiger partial charge on any atom is -0.384 e. The van der Waals surface area contributed by atoms with Gasteiger partial charge in [-0.15, -0.1) is 0 Å². The van der Waals surface area contributed by atoms with Gasteiger partial charge < -0.3 is 24.0 Å². The first kappa shape index (κ1) is 31.1. The molecule has 3 aromatic heterocycles. The topological polar surface area (TPSA) is 141 Å². The molecule has 1 amide bonds. The number of hydrogen-bond donors (Lipinski definition) is 1. The minimum atomic E-state index is -3.92. The molecule has 5 rings (SSSR count). The van der Waals surface area contributed by atoms with E-state index in [1.807, 2.05) is 12.1 Å². The van der Waals surface area contributed by atoms with Gasteiger partial charge in [-0.25, -0.2) is 27.8 Å². The van der Waals surface area contributed by atoms with Crippen molar-refractivity contribution in [2.45, 2.75) is 32.6 Å². The van der Waals surface area contributed by atoms with Crippen molar-refractivity contribution in [3.05, 3.63) is 35.8 Å². The van der Waals surface area contributed by atoms with Crippen molar-refractivity contribution in [2.75, 3.05) is 82.4 Å². The number of methoxy groups -OCH3 is 2. The SMILES string of the molecule is COCCS(=O)(=O)NC(=O)c1cc(N2CCC(COC)CC2)c2c(C(C)C)nn(-c3ccnc(N4CCOCC4)c3)c2n1. The van der Waals surface area contributed by atoms with Gasteiger partial charge in [-0.05, 0) is 36.8 Å². The molecule has 0 bridgehead atoms. The lowest BCUT2D eigenvalue weighted by Gasteiger charge is -2.34. The number of fused-ring (bicyclic) bond motifs is 1. The molecule has 5 heterocycles. The number of nitrogens with one attached hydrogen (secondary N) is 1. The van der Waals surface area contributed by atoms with Crippen LogP contribution in [0.15, 0.2) is 24.4 Å². The molecule has 2 fully saturated rings. The second-order valence-electron chi connectivity index (χ2n) is 11.3. The molecule has 0 saturated carbocycles. The number of rotatable bonds is 11. The Morgan fingerprint density at radius 2 is 1.84 bits per heavy atom. The van der Waals surface area contributed by atoms with Gasteiger partial charge in [0, 0.05) is 59.3 Å². The van der Waals surface area contributed by atoms with Crippen LogP contribution in [0, 0.1) is 5.92 Å². The number of morpholine rings is 1. The summed E-state index contributed by atoms with van der Waals surface area (Å²) in [5, 5.41) is 5.88. The molecule has 0 atom stereocenters. The Hall–Kier alpha value is -3.33. The summed E-state index contributed by atoms with van der Waals surface area (Å²) in [5.74, 6) is 0.180. The first-order valence-electron chi connectivity index (χ1n) is 14.7. The molecule has 2 saturated heterocycles. The second-order valence-corrected chi connectivity index (χ2v) is 13.1. The van der Waals surface area contributed by atoms with Crippen LogP contribution in [0.5, 0.6) is 0 Å². The standard InChI is InChI=1S/C29H41N7O6S/c1-20(2)27-26-24(34-9-6-21(7-10-34)19-41-4)18-23(29(37)33-43(38,39)16-15-40-3)31-28(26)36(32-27)22-5-8-30-25(17-22)35-11-13-42-14-12-35/h5,8,17-18,20-21H,6-7,9-16,19H2,1-4H3,(H,33,37). The van der Waals surface area contributed by atoms with E-state index in [2.05, 4.69) is 33.4 Å². The van der Waals surface area contributed by atoms with Crippen LogP contribution in [-0.4, -0.2) is 107 Å². The van der Waals surface area contributed by atoms with Crippen molar-refractivity contribution in [3.63, 3.8) is 0 Å². The van der Waals surface area contributed by atoms with E-state index in [9.17, 15) is 13.2 Å². The molecule has 2 aliphatic heterocycles. The maximum Gasteiger partial charge on any atom is 0.283 e. The molecule has 13 nitrogen and oxygen atoms in total. The van der Waals surface area contributed by atoms with E-state index in [0.717, 1.165) is 67.3 Å². The van der Waals surface area contributed by atoms with Crippen molar-refractivity contribution < 1.29 is 27.4 Å². The van der Waals surface area contributed by atoms with Crippen LogP contribution >= 0.6 is 0 Å². The van der Waals surface area contributed by atoms with Crippen molar-refractivity contribution in [1.29, 1.82) is 0 Å². The van der Waals surface area contributed by atoms with Crippen LogP contribution in [0.25, 0.3) is 16.7 Å². The summed E-state index contributed by atoms with van der Waals surface area (Å²) in [7, 11) is -0.795. The van der Waals surface area contributed by atoms with Crippen LogP contribution in [0.2, 0.25) is 0 Å². The van der Waals surface area contributed by atoms with Gasteiger partial charge in [-0.3, -0.25) is 4.79 Å². The number of nitrogens with zero attached hydrogens (tertiary/aromatic N) is 6. The molecule has 1 N–H and O–H groups in total. The summed E-state index contributed by atoms with van der Waals surface area (Å²) in [6.45, 7) is 9.08. The maximum atomic E-state index is 13.4. The van der Waals surface area contributed by atoms with E-state index in [4.69, 9.17) is 24.3 Å². The lowest BCUT2D eigenvalue weighted by molar-refractivity contribution is 0.0976. The summed E-state index contributed by atoms with van der Waals surface area (Å²) in [4.78, 5) is 27.1. The third-order valence-corrected chi connectivity index (χ3v) is 9.09. The van der Waals surface area contributed by atoms with E-state index < -0.39 is 15.9 Å². The van der Waals surface area contributed by atoms with Gasteiger partial charge in [0.25, 0.3) is 5.91 Å². The zero-order valence-electron chi connectivity index (χ0n) is 25.3. The Labute approximate surface area is 252 Å². The molecule has 0 radical (unpaired) electrons. The van der Waals surface area contributed by atoms with Crippen LogP contribution in [-0.2, 0) is 24.2 Å². The third kappa shape index (κ3) is 7.08. The molecule has 2 aliphatic rings. The van der Waals surface area contributed by atoms with Gasteiger partial charge in [0.05, 0.1) is 48.0 Å². The van der Waals surface area contributed by atoms with Gasteiger partial charge in [0.2, 0.25) is 10.0 Å². The second kappa shape index (κ2) is 13.5. The predicted octanol–water partition coefficient (Wildman–Crippen LogP) is 2.34. The molecule has 0 spiro atoms. The molecule has 3 aromatic rings. The van der Waals surface area contributed by atoms with Crippen molar-refractivity contribution >= 4 is 38.5 Å². The minimum absolute atomic E-state index is 0.00132. The number of pyridine rings is 2. The van der Waals surface area contributed by atoms with Gasteiger partial charge in [-0.2, -0.15) is 5.10 Å². The molecule has 0 aliphatic carbocycles. The number of carbonyl (C=O) groups is 1. The summed E-state index contributed by atoms with van der Waals surface area (Å²) in [6.07, 6.45) is 3.61. The zero-order valence-corrected chi connectivity index (χ0v) is 26.1. The summed E-state index contributed by atoms with van der Waals surface area (Å²) >= 11 is 0. The Bertz CT molecular complexity index is 1530. The lowest BCUT2D eigenvalue weighted by Crippen LogP contribution is -2.36. The van der Waals surface area contributed by atoms with E-state index >= 15 is 0 Å². The molecule has 43 heavy (non-hydrogen) atoms. The van der Waals surface area contributed by atoms with Gasteiger partial charge in [0.15, 0.2) is 5.65 Å². The number of carbonyl (C=O) groups excluding carboxylic acids is 1. The number of sulfonamides is 1. The Morgan fingerprint density at radius 1 is 1.09 bits per heavy atom. The number of piperidine rings is 1. The maximum absolute atomic E-state index is 13.4. The Morgan fingerprint density at radius 3 is 2.51 bits per heavy atom. The first-order chi connectivity index (χ1) is 20.7. The summed E-state index contributed by atoms with van der Waals surface area (Å²) in [5.41, 5.74) is 2.90. The highest BCUT2D eigenvalue weighted by atomic mass is 32.2. The van der Waals surface area contributed by atoms with Gasteiger partial charge >= 0.3 is 0 Å². The fraction of sp³-hybridized carbons (Fsp3) is 0.586. The quantitative estimate of drug-likeness (QED) is 0.340. The fourth-order valence-electron chi connectivity index (χ4n) is 5.59. The number of hydrogen-bond acceptors (Lipinski definition) is 11. The average Bonchev–Trinajstić information content (AvgIpc) is 3.41. The highest BCUT2D eigenvalue weighted by Gasteiger charge is 2.28. The number of amides is 1. The fourth-order valence-corrected chi connectivity index (χ4v) is 6.47. The Balaban J connectivity index is 1.63. The number of ether oxygens (including phenoxy) is 3. The molecule has 0 aromatic carbocycles. The van der Waals surface area contributed by atoms with E-state index in [1.54, 1.807) is 24.1 Å². The number of aromatic nitrogens is 4. The molecule has 0 unspecified atom stereocenters. The van der Waals surface area contributed by atoms with Crippen molar-refractivity contribution in [3.8, 4) is 5.69 Å². The van der Waals surface area contributed by atoms with E-state index in [1.165, 1.54) is 7.11 Å². The van der Waals surface area contributed by atoms with Crippen molar-refractivity contribution in [2.24, 2.45) is 5.92 Å². The largest absolute Gasteiger partial charge is 0.384 e. The molecule has 234 valence electrons. The van der Waals surface area contributed by atoms with Gasteiger partial charge in [-0.1, -0.05) is 13.8 Å². The van der Waals surface area contributed by atoms with Crippen LogP contribution in [0.1, 0.15) is 48.8 Å². The highest BCUT2D eigenvalue weighted by Crippen LogP contribution is 2.37. The molecular weight excluding hydrogens is 574 g/mol. The zero-order chi connectivity index (χ0) is 30.6. The van der Waals surface area contributed by atoms with Gasteiger partial charge in [0.1, 0.15) is 11.5 Å². The third-order valence-electron chi connectivity index (χ3n) is 7.89. The summed E-state index contributed by atoms with van der Waals surface area (Å²) in [6, 6.07) is 5.52. The first-order valence-corrected chi connectivity index (χ1v) is 16.4. The smallest absolute Gasteiger partial charge is 0.283 e. The van der Waals surface area contributed by atoms with Crippen LogP contribution in [0.4, 0.5) is 11.5 Å². The number of anilines is 2. The van der Waals surface area contributed by atoms with Crippen LogP contribution in [0.3, 0.4) is 0 Å². The predicted molar refractivity (Wildman–Crippen MR) is 164 cm³/mol. The average molecular weight is 616 g/mol. The molecular formula is C29H41N7O6S. The highest BCUT2D eigenvalue weighted by molar-refractivity contribution is 7.90. The lowest BCUT2D eigenvalue weighted by atomic mass is 9.96. The van der Waals surface area contributed by atoms with E-state index in [-0.39, 0.29) is 24.0 Å². The van der Waals surface area contributed by atoms with Crippen LogP contribution < -0.4 is 14.5 Å². The van der Waals surface area contributed by atoms with E-state index in [0.29, 0.717) is 31.4 Å².